The van der Waals surface area contributed by atoms with E-state index in [-0.39, 0.29) is 11.8 Å². The summed E-state index contributed by atoms with van der Waals surface area (Å²) in [5.41, 5.74) is 0. The van der Waals surface area contributed by atoms with E-state index in [0.717, 1.165) is 42.9 Å². The van der Waals surface area contributed by atoms with Gasteiger partial charge in [0.25, 0.3) is 5.91 Å². The summed E-state index contributed by atoms with van der Waals surface area (Å²) in [7, 11) is 0. The Labute approximate surface area is 174 Å². The first-order valence-corrected chi connectivity index (χ1v) is 11.2. The van der Waals surface area contributed by atoms with Gasteiger partial charge >= 0.3 is 0 Å². The van der Waals surface area contributed by atoms with Crippen LogP contribution in [0.3, 0.4) is 0 Å². The van der Waals surface area contributed by atoms with Gasteiger partial charge in [-0.05, 0) is 40.9 Å². The maximum absolute atomic E-state index is 12.5. The van der Waals surface area contributed by atoms with Crippen LogP contribution in [0.1, 0.15) is 43.3 Å². The lowest BCUT2D eigenvalue weighted by molar-refractivity contribution is -0.123. The third kappa shape index (κ3) is 6.55. The van der Waals surface area contributed by atoms with E-state index in [0.29, 0.717) is 23.4 Å². The largest absolute Gasteiger partial charge is 0.379 e. The van der Waals surface area contributed by atoms with Crippen LogP contribution in [0.4, 0.5) is 0 Å². The van der Waals surface area contributed by atoms with Gasteiger partial charge in [0.1, 0.15) is 6.04 Å². The van der Waals surface area contributed by atoms with Crippen molar-refractivity contribution < 1.29 is 14.3 Å². The van der Waals surface area contributed by atoms with E-state index in [1.165, 1.54) is 11.3 Å². The van der Waals surface area contributed by atoms with Gasteiger partial charge in [0.2, 0.25) is 5.91 Å². The topological polar surface area (TPSA) is 70.7 Å². The second-order valence-corrected chi connectivity index (χ2v) is 9.30. The highest BCUT2D eigenvalue weighted by atomic mass is 79.9. The molecule has 152 valence electrons. The minimum absolute atomic E-state index is 0.150. The maximum atomic E-state index is 12.5. The fourth-order valence-corrected chi connectivity index (χ4v) is 4.75. The molecule has 2 atom stereocenters. The molecule has 1 aromatic heterocycles. The predicted octanol–water partition coefficient (Wildman–Crippen LogP) is 2.88. The first-order valence-electron chi connectivity index (χ1n) is 9.61. The fraction of sp³-hybridized carbons (Fsp3) is 0.684. The molecule has 2 N–H and O–H groups in total. The summed E-state index contributed by atoms with van der Waals surface area (Å²) < 4.78 is 6.36. The summed E-state index contributed by atoms with van der Waals surface area (Å²) in [5, 5.41) is 5.82. The lowest BCUT2D eigenvalue weighted by Gasteiger charge is -2.39. The molecule has 0 saturated carbocycles. The van der Waals surface area contributed by atoms with Gasteiger partial charge in [0.05, 0.1) is 21.9 Å². The highest BCUT2D eigenvalue weighted by molar-refractivity contribution is 9.11. The Morgan fingerprint density at radius 1 is 1.26 bits per heavy atom. The minimum atomic E-state index is -0.578. The van der Waals surface area contributed by atoms with Crippen molar-refractivity contribution in [2.75, 3.05) is 32.8 Å². The Kier molecular flexibility index (Phi) is 9.21. The van der Waals surface area contributed by atoms with Crippen LogP contribution < -0.4 is 10.6 Å². The standard InChI is InChI=1S/C19H30BrN3O3S/c1-4-14(5-2)15(23-8-10-26-11-9-23)12-21-18(24)13(3)22-19(25)16-6-7-17(20)27-16/h6-7,13-15H,4-5,8-12H2,1-3H3,(H,21,24)(H,22,25). The lowest BCUT2D eigenvalue weighted by atomic mass is 9.92. The zero-order valence-electron chi connectivity index (χ0n) is 16.3. The van der Waals surface area contributed by atoms with Crippen molar-refractivity contribution in [2.24, 2.45) is 5.92 Å². The van der Waals surface area contributed by atoms with Gasteiger partial charge in [-0.2, -0.15) is 0 Å². The SMILES string of the molecule is CCC(CC)C(CNC(=O)C(C)NC(=O)c1ccc(Br)s1)N1CCOCC1. The van der Waals surface area contributed by atoms with Crippen molar-refractivity contribution in [2.45, 2.75) is 45.7 Å². The van der Waals surface area contributed by atoms with Crippen LogP contribution in [0, 0.1) is 5.92 Å². The van der Waals surface area contributed by atoms with Crippen molar-refractivity contribution in [3.8, 4) is 0 Å². The Morgan fingerprint density at radius 2 is 1.93 bits per heavy atom. The van der Waals surface area contributed by atoms with E-state index in [2.05, 4.69) is 45.3 Å². The molecular weight excluding hydrogens is 430 g/mol. The average Bonchev–Trinajstić information content (AvgIpc) is 3.12. The molecule has 2 amide bonds. The second kappa shape index (κ2) is 11.1. The summed E-state index contributed by atoms with van der Waals surface area (Å²) in [6, 6.07) is 3.29. The van der Waals surface area contributed by atoms with E-state index < -0.39 is 6.04 Å². The molecule has 1 aliphatic heterocycles. The zero-order valence-corrected chi connectivity index (χ0v) is 18.7. The quantitative estimate of drug-likeness (QED) is 0.595. The summed E-state index contributed by atoms with van der Waals surface area (Å²) in [6.07, 6.45) is 2.15. The molecule has 2 unspecified atom stereocenters. The Hall–Kier alpha value is -0.960. The van der Waals surface area contributed by atoms with E-state index in [9.17, 15) is 9.59 Å². The number of ether oxygens (including phenoxy) is 1. The molecule has 1 fully saturated rings. The summed E-state index contributed by atoms with van der Waals surface area (Å²) >= 11 is 4.70. The Bertz CT molecular complexity index is 615. The van der Waals surface area contributed by atoms with E-state index in [1.807, 2.05) is 6.07 Å². The first kappa shape index (κ1) is 22.3. The highest BCUT2D eigenvalue weighted by Crippen LogP contribution is 2.22. The number of amides is 2. The molecular formula is C19H30BrN3O3S. The summed E-state index contributed by atoms with van der Waals surface area (Å²) in [6.45, 7) is 10.00. The number of hydrogen-bond acceptors (Lipinski definition) is 5. The fourth-order valence-electron chi connectivity index (χ4n) is 3.46. The van der Waals surface area contributed by atoms with Crippen LogP contribution in [0.25, 0.3) is 0 Å². The molecule has 27 heavy (non-hydrogen) atoms. The van der Waals surface area contributed by atoms with Gasteiger partial charge in [0.15, 0.2) is 0 Å². The number of nitrogens with one attached hydrogen (secondary N) is 2. The van der Waals surface area contributed by atoms with Gasteiger partial charge in [-0.1, -0.05) is 26.7 Å². The number of carbonyl (C=O) groups excluding carboxylic acids is 2. The molecule has 8 heteroatoms. The van der Waals surface area contributed by atoms with E-state index >= 15 is 0 Å². The van der Waals surface area contributed by atoms with E-state index in [4.69, 9.17) is 4.74 Å². The van der Waals surface area contributed by atoms with Gasteiger partial charge in [-0.15, -0.1) is 11.3 Å². The monoisotopic (exact) mass is 459 g/mol. The summed E-state index contributed by atoms with van der Waals surface area (Å²) in [5.74, 6) is 0.151. The highest BCUT2D eigenvalue weighted by Gasteiger charge is 2.28. The Morgan fingerprint density at radius 3 is 2.48 bits per heavy atom. The summed E-state index contributed by atoms with van der Waals surface area (Å²) in [4.78, 5) is 27.8. The molecule has 0 radical (unpaired) electrons. The molecule has 2 heterocycles. The lowest BCUT2D eigenvalue weighted by Crippen LogP contribution is -2.54. The van der Waals surface area contributed by atoms with Crippen LogP contribution in [0.15, 0.2) is 15.9 Å². The number of rotatable bonds is 9. The van der Waals surface area contributed by atoms with Gasteiger partial charge in [-0.25, -0.2) is 0 Å². The van der Waals surface area contributed by atoms with Crippen molar-refractivity contribution in [3.05, 3.63) is 20.8 Å². The van der Waals surface area contributed by atoms with Gasteiger partial charge in [0, 0.05) is 25.7 Å². The third-order valence-electron chi connectivity index (χ3n) is 5.13. The number of carbonyl (C=O) groups is 2. The molecule has 0 spiro atoms. The van der Waals surface area contributed by atoms with Crippen molar-refractivity contribution in [1.82, 2.24) is 15.5 Å². The van der Waals surface area contributed by atoms with Crippen LogP contribution >= 0.6 is 27.3 Å². The van der Waals surface area contributed by atoms with Crippen LogP contribution in [-0.4, -0.2) is 61.6 Å². The zero-order chi connectivity index (χ0) is 19.8. The van der Waals surface area contributed by atoms with Crippen molar-refractivity contribution in [1.29, 1.82) is 0 Å². The van der Waals surface area contributed by atoms with Crippen molar-refractivity contribution in [3.63, 3.8) is 0 Å². The van der Waals surface area contributed by atoms with Crippen LogP contribution in [0.2, 0.25) is 0 Å². The molecule has 1 saturated heterocycles. The van der Waals surface area contributed by atoms with Gasteiger partial charge < -0.3 is 15.4 Å². The molecule has 2 rings (SSSR count). The minimum Gasteiger partial charge on any atom is -0.379 e. The second-order valence-electron chi connectivity index (χ2n) is 6.84. The molecule has 0 aliphatic carbocycles. The van der Waals surface area contributed by atoms with Crippen LogP contribution in [-0.2, 0) is 9.53 Å². The van der Waals surface area contributed by atoms with E-state index in [1.54, 1.807) is 13.0 Å². The van der Waals surface area contributed by atoms with Crippen molar-refractivity contribution >= 4 is 39.1 Å². The normalized spacial score (nSPS) is 17.5. The number of nitrogens with zero attached hydrogens (tertiary/aromatic N) is 1. The molecule has 1 aliphatic rings. The maximum Gasteiger partial charge on any atom is 0.262 e. The van der Waals surface area contributed by atoms with Crippen LogP contribution in [0.5, 0.6) is 0 Å². The number of thiophene rings is 1. The predicted molar refractivity (Wildman–Crippen MR) is 112 cm³/mol. The Balaban J connectivity index is 1.90. The number of halogens is 1. The number of morpholine rings is 1. The molecule has 0 bridgehead atoms. The molecule has 1 aromatic rings. The first-order chi connectivity index (χ1) is 13.0. The smallest absolute Gasteiger partial charge is 0.262 e. The number of hydrogen-bond donors (Lipinski definition) is 2. The average molecular weight is 460 g/mol. The van der Waals surface area contributed by atoms with Gasteiger partial charge in [-0.3, -0.25) is 14.5 Å². The molecule has 0 aromatic carbocycles. The third-order valence-corrected chi connectivity index (χ3v) is 6.75. The molecule has 6 nitrogen and oxygen atoms in total.